The maximum absolute atomic E-state index is 12.2. The zero-order valence-corrected chi connectivity index (χ0v) is 17.7. The van der Waals surface area contributed by atoms with Gasteiger partial charge in [0.2, 0.25) is 0 Å². The molecule has 0 aromatic rings. The first-order valence-corrected chi connectivity index (χ1v) is 11.0. The fourth-order valence-corrected chi connectivity index (χ4v) is 4.66. The topological polar surface area (TPSA) is 48.1 Å². The van der Waals surface area contributed by atoms with E-state index in [9.17, 15) is 4.79 Å². The molecule has 2 aliphatic heterocycles. The molecule has 0 atom stereocenters. The van der Waals surface area contributed by atoms with E-state index in [1.165, 1.54) is 51.9 Å². The van der Waals surface area contributed by atoms with E-state index in [1.54, 1.807) is 0 Å². The number of piperazine rings is 2. The number of ether oxygens (including phenoxy) is 1. The zero-order chi connectivity index (χ0) is 19.3. The van der Waals surface area contributed by atoms with Gasteiger partial charge in [0.1, 0.15) is 5.60 Å². The predicted octanol–water partition coefficient (Wildman–Crippen LogP) is 2.25. The number of hydrogen-bond donors (Lipinski definition) is 1. The summed E-state index contributed by atoms with van der Waals surface area (Å²) in [6.45, 7) is 16.6. The monoisotopic (exact) mass is 380 g/mol. The van der Waals surface area contributed by atoms with Crippen molar-refractivity contribution in [2.24, 2.45) is 11.8 Å². The molecule has 2 saturated heterocycles. The van der Waals surface area contributed by atoms with Gasteiger partial charge in [-0.25, -0.2) is 4.79 Å². The van der Waals surface area contributed by atoms with Crippen LogP contribution in [0.1, 0.15) is 46.5 Å². The van der Waals surface area contributed by atoms with Crippen molar-refractivity contribution in [3.8, 4) is 0 Å². The fraction of sp³-hybridized carbons (Fsp3) is 0.952. The standard InChI is InChI=1S/C21H40N4O2/c1-21(2,3)27-20(26)25-14-12-24(13-15-25)17-19-6-4-18(5-7-19)16-23-10-8-22-9-11-23/h18-19,22H,4-17H2,1-3H3. The molecule has 6 heteroatoms. The number of rotatable bonds is 4. The van der Waals surface area contributed by atoms with Gasteiger partial charge >= 0.3 is 6.09 Å². The first-order chi connectivity index (χ1) is 12.9. The Hall–Kier alpha value is -0.850. The summed E-state index contributed by atoms with van der Waals surface area (Å²) in [5.74, 6) is 1.75. The number of amides is 1. The molecular formula is C21H40N4O2. The van der Waals surface area contributed by atoms with E-state index in [1.807, 2.05) is 25.7 Å². The summed E-state index contributed by atoms with van der Waals surface area (Å²) in [7, 11) is 0. The average Bonchev–Trinajstić information content (AvgIpc) is 2.63. The highest BCUT2D eigenvalue weighted by Gasteiger charge is 2.29. The average molecular weight is 381 g/mol. The van der Waals surface area contributed by atoms with Crippen LogP contribution in [0.2, 0.25) is 0 Å². The van der Waals surface area contributed by atoms with E-state index < -0.39 is 5.60 Å². The Labute approximate surface area is 165 Å². The highest BCUT2D eigenvalue weighted by atomic mass is 16.6. The first-order valence-electron chi connectivity index (χ1n) is 11.0. The van der Waals surface area contributed by atoms with Crippen LogP contribution in [0.15, 0.2) is 0 Å². The molecule has 1 aliphatic carbocycles. The molecule has 3 rings (SSSR count). The number of nitrogens with one attached hydrogen (secondary N) is 1. The minimum Gasteiger partial charge on any atom is -0.444 e. The summed E-state index contributed by atoms with van der Waals surface area (Å²) in [4.78, 5) is 19.3. The fourth-order valence-electron chi connectivity index (χ4n) is 4.66. The van der Waals surface area contributed by atoms with Gasteiger partial charge in [0, 0.05) is 65.4 Å². The van der Waals surface area contributed by atoms with Gasteiger partial charge in [0.05, 0.1) is 0 Å². The van der Waals surface area contributed by atoms with Crippen LogP contribution in [0.25, 0.3) is 0 Å². The van der Waals surface area contributed by atoms with E-state index in [0.717, 1.165) is 51.1 Å². The molecule has 27 heavy (non-hydrogen) atoms. The minimum absolute atomic E-state index is 0.157. The van der Waals surface area contributed by atoms with E-state index in [4.69, 9.17) is 4.74 Å². The Balaban J connectivity index is 1.31. The van der Waals surface area contributed by atoms with Crippen molar-refractivity contribution in [3.05, 3.63) is 0 Å². The number of carbonyl (C=O) groups is 1. The second kappa shape index (κ2) is 9.57. The van der Waals surface area contributed by atoms with Crippen LogP contribution in [-0.2, 0) is 4.74 Å². The minimum atomic E-state index is -0.405. The van der Waals surface area contributed by atoms with Gasteiger partial charge in [-0.15, -0.1) is 0 Å². The van der Waals surface area contributed by atoms with Gasteiger partial charge in [-0.3, -0.25) is 4.90 Å². The van der Waals surface area contributed by atoms with Crippen molar-refractivity contribution in [2.75, 3.05) is 65.4 Å². The third-order valence-corrected chi connectivity index (χ3v) is 6.23. The Morgan fingerprint density at radius 3 is 1.81 bits per heavy atom. The van der Waals surface area contributed by atoms with Crippen LogP contribution in [0.5, 0.6) is 0 Å². The van der Waals surface area contributed by atoms with Crippen molar-refractivity contribution in [2.45, 2.75) is 52.1 Å². The summed E-state index contributed by atoms with van der Waals surface area (Å²) >= 11 is 0. The maximum atomic E-state index is 12.2. The van der Waals surface area contributed by atoms with Crippen molar-refractivity contribution in [1.29, 1.82) is 0 Å². The van der Waals surface area contributed by atoms with Crippen LogP contribution >= 0.6 is 0 Å². The molecule has 1 N–H and O–H groups in total. The normalized spacial score (nSPS) is 28.9. The molecule has 0 aromatic carbocycles. The lowest BCUT2D eigenvalue weighted by Gasteiger charge is -2.39. The summed E-state index contributed by atoms with van der Waals surface area (Å²) in [6, 6.07) is 0. The quantitative estimate of drug-likeness (QED) is 0.811. The van der Waals surface area contributed by atoms with Crippen LogP contribution < -0.4 is 5.32 Å². The van der Waals surface area contributed by atoms with Gasteiger partial charge in [0.15, 0.2) is 0 Å². The zero-order valence-electron chi connectivity index (χ0n) is 17.7. The van der Waals surface area contributed by atoms with Crippen LogP contribution in [0, 0.1) is 11.8 Å². The van der Waals surface area contributed by atoms with E-state index in [-0.39, 0.29) is 6.09 Å². The summed E-state index contributed by atoms with van der Waals surface area (Å²) in [5, 5.41) is 3.45. The first kappa shape index (κ1) is 20.9. The molecule has 0 bridgehead atoms. The molecule has 0 unspecified atom stereocenters. The van der Waals surface area contributed by atoms with Crippen molar-refractivity contribution >= 4 is 6.09 Å². The summed E-state index contributed by atoms with van der Waals surface area (Å²) in [5.41, 5.74) is -0.405. The highest BCUT2D eigenvalue weighted by Crippen LogP contribution is 2.30. The summed E-state index contributed by atoms with van der Waals surface area (Å²) < 4.78 is 5.50. The number of nitrogens with zero attached hydrogens (tertiary/aromatic N) is 3. The number of hydrogen-bond acceptors (Lipinski definition) is 5. The molecule has 3 fully saturated rings. The third-order valence-electron chi connectivity index (χ3n) is 6.23. The summed E-state index contributed by atoms with van der Waals surface area (Å²) in [6.07, 6.45) is 5.39. The lowest BCUT2D eigenvalue weighted by atomic mass is 9.81. The van der Waals surface area contributed by atoms with Crippen LogP contribution in [0.3, 0.4) is 0 Å². The second-order valence-electron chi connectivity index (χ2n) is 9.71. The smallest absolute Gasteiger partial charge is 0.410 e. The van der Waals surface area contributed by atoms with E-state index >= 15 is 0 Å². The highest BCUT2D eigenvalue weighted by molar-refractivity contribution is 5.68. The van der Waals surface area contributed by atoms with Gasteiger partial charge < -0.3 is 19.9 Å². The predicted molar refractivity (Wildman–Crippen MR) is 109 cm³/mol. The molecule has 2 heterocycles. The molecule has 6 nitrogen and oxygen atoms in total. The Bertz CT molecular complexity index is 457. The molecular weight excluding hydrogens is 340 g/mol. The van der Waals surface area contributed by atoms with Crippen molar-refractivity contribution in [1.82, 2.24) is 20.0 Å². The van der Waals surface area contributed by atoms with Crippen molar-refractivity contribution in [3.63, 3.8) is 0 Å². The molecule has 156 valence electrons. The Morgan fingerprint density at radius 2 is 1.33 bits per heavy atom. The van der Waals surface area contributed by atoms with E-state index in [2.05, 4.69) is 15.1 Å². The number of carbonyl (C=O) groups excluding carboxylic acids is 1. The molecule has 3 aliphatic rings. The molecule has 0 spiro atoms. The van der Waals surface area contributed by atoms with Crippen LogP contribution in [0.4, 0.5) is 4.79 Å². The van der Waals surface area contributed by atoms with Gasteiger partial charge in [-0.2, -0.15) is 0 Å². The Morgan fingerprint density at radius 1 is 0.852 bits per heavy atom. The van der Waals surface area contributed by atoms with E-state index in [0.29, 0.717) is 0 Å². The second-order valence-corrected chi connectivity index (χ2v) is 9.71. The maximum Gasteiger partial charge on any atom is 0.410 e. The molecule has 1 saturated carbocycles. The van der Waals surface area contributed by atoms with Gasteiger partial charge in [-0.1, -0.05) is 0 Å². The largest absolute Gasteiger partial charge is 0.444 e. The third kappa shape index (κ3) is 6.91. The van der Waals surface area contributed by atoms with Gasteiger partial charge in [-0.05, 0) is 58.3 Å². The molecule has 0 aromatic heterocycles. The molecule has 0 radical (unpaired) electrons. The van der Waals surface area contributed by atoms with Crippen molar-refractivity contribution < 1.29 is 9.53 Å². The lowest BCUT2D eigenvalue weighted by Crippen LogP contribution is -2.51. The van der Waals surface area contributed by atoms with Gasteiger partial charge in [0.25, 0.3) is 0 Å². The lowest BCUT2D eigenvalue weighted by molar-refractivity contribution is 0.0124. The SMILES string of the molecule is CC(C)(C)OC(=O)N1CCN(CC2CCC(CN3CCNCC3)CC2)CC1. The van der Waals surface area contributed by atoms with Crippen LogP contribution in [-0.4, -0.2) is 91.8 Å². The Kier molecular flexibility index (Phi) is 7.40. The molecule has 1 amide bonds.